The van der Waals surface area contributed by atoms with Crippen LogP contribution in [0.1, 0.15) is 0 Å². The summed E-state index contributed by atoms with van der Waals surface area (Å²) in [5, 5.41) is 2.86. The van der Waals surface area contributed by atoms with E-state index in [-0.39, 0.29) is 6.04 Å². The van der Waals surface area contributed by atoms with Crippen LogP contribution in [0.2, 0.25) is 0 Å². The van der Waals surface area contributed by atoms with E-state index >= 15 is 0 Å². The minimum Gasteiger partial charge on any atom is -0.326 e. The number of hydrogen-bond donors (Lipinski definition) is 2. The molecule has 0 aliphatic carbocycles. The average Bonchev–Trinajstić information content (AvgIpc) is 2.32. The Labute approximate surface area is 58.8 Å². The fourth-order valence-electron chi connectivity index (χ4n) is 1.15. The highest BCUT2D eigenvalue weighted by molar-refractivity contribution is 4.97. The molecule has 1 aliphatic rings. The predicted molar refractivity (Wildman–Crippen MR) is 35.2 cm³/mol. The maximum atomic E-state index is 12.2. The molecule has 0 radical (unpaired) electrons. The first-order valence-corrected chi connectivity index (χ1v) is 3.33. The van der Waals surface area contributed by atoms with Gasteiger partial charge >= 0.3 is 0 Å². The van der Waals surface area contributed by atoms with Crippen LogP contribution in [0, 0.1) is 5.41 Å². The maximum Gasteiger partial charge on any atom is 0.100 e. The quantitative estimate of drug-likeness (QED) is 0.574. The Balaban J connectivity index is 2.61. The Kier molecular flexibility index (Phi) is 2.21. The smallest absolute Gasteiger partial charge is 0.100 e. The van der Waals surface area contributed by atoms with E-state index in [1.807, 2.05) is 0 Å². The van der Waals surface area contributed by atoms with Gasteiger partial charge in [-0.1, -0.05) is 0 Å². The van der Waals surface area contributed by atoms with Gasteiger partial charge in [-0.05, 0) is 0 Å². The number of hydrogen-bond acceptors (Lipinski definition) is 2. The summed E-state index contributed by atoms with van der Waals surface area (Å²) in [6.45, 7) is -0.454. The van der Waals surface area contributed by atoms with Crippen molar-refractivity contribution in [3.8, 4) is 0 Å². The largest absolute Gasteiger partial charge is 0.326 e. The predicted octanol–water partition coefficient (Wildman–Crippen LogP) is -0.158. The van der Waals surface area contributed by atoms with Crippen LogP contribution in [0.25, 0.3) is 0 Å². The van der Waals surface area contributed by atoms with Gasteiger partial charge in [-0.2, -0.15) is 0 Å². The van der Waals surface area contributed by atoms with E-state index in [1.54, 1.807) is 0 Å². The third-order valence-electron chi connectivity index (χ3n) is 2.16. The van der Waals surface area contributed by atoms with Crippen molar-refractivity contribution in [3.05, 3.63) is 0 Å². The first-order valence-electron chi connectivity index (χ1n) is 3.33. The Hall–Kier alpha value is -0.220. The third-order valence-corrected chi connectivity index (χ3v) is 2.16. The number of nitrogens with one attached hydrogen (secondary N) is 1. The summed E-state index contributed by atoms with van der Waals surface area (Å²) in [4.78, 5) is 0. The lowest BCUT2D eigenvalue weighted by molar-refractivity contribution is 0.155. The summed E-state index contributed by atoms with van der Waals surface area (Å²) in [5.74, 6) is 0. The van der Waals surface area contributed by atoms with Crippen molar-refractivity contribution in [2.24, 2.45) is 11.1 Å². The lowest BCUT2D eigenvalue weighted by atomic mass is 9.86. The van der Waals surface area contributed by atoms with E-state index in [1.165, 1.54) is 0 Å². The van der Waals surface area contributed by atoms with Crippen molar-refractivity contribution >= 4 is 0 Å². The molecule has 1 atom stereocenters. The van der Waals surface area contributed by atoms with Crippen molar-refractivity contribution in [3.63, 3.8) is 0 Å². The summed E-state index contributed by atoms with van der Waals surface area (Å²) >= 11 is 0. The van der Waals surface area contributed by atoms with Crippen LogP contribution in [0.3, 0.4) is 0 Å². The zero-order chi connectivity index (χ0) is 7.61. The van der Waals surface area contributed by atoms with Crippen molar-refractivity contribution < 1.29 is 8.78 Å². The SMILES string of the molecule is NC1CNCC1(CF)CF. The molecule has 0 saturated carbocycles. The number of rotatable bonds is 2. The van der Waals surface area contributed by atoms with Gasteiger partial charge in [-0.3, -0.25) is 8.78 Å². The molecule has 1 aliphatic heterocycles. The van der Waals surface area contributed by atoms with Gasteiger partial charge in [0.2, 0.25) is 0 Å². The maximum absolute atomic E-state index is 12.2. The van der Waals surface area contributed by atoms with E-state index in [4.69, 9.17) is 5.73 Å². The fraction of sp³-hybridized carbons (Fsp3) is 1.00. The van der Waals surface area contributed by atoms with E-state index in [2.05, 4.69) is 5.32 Å². The number of halogens is 2. The molecular weight excluding hydrogens is 138 g/mol. The Morgan fingerprint density at radius 2 is 2.10 bits per heavy atom. The van der Waals surface area contributed by atoms with Crippen LogP contribution >= 0.6 is 0 Å². The highest BCUT2D eigenvalue weighted by Gasteiger charge is 2.41. The summed E-state index contributed by atoms with van der Waals surface area (Å²) < 4.78 is 24.5. The van der Waals surface area contributed by atoms with Gasteiger partial charge in [-0.15, -0.1) is 0 Å². The van der Waals surface area contributed by atoms with Crippen LogP contribution < -0.4 is 11.1 Å². The Morgan fingerprint density at radius 1 is 1.50 bits per heavy atom. The standard InChI is InChI=1S/C6H12F2N2/c7-2-6(3-8)4-10-1-5(6)9/h5,10H,1-4,9H2. The third kappa shape index (κ3) is 1.01. The lowest BCUT2D eigenvalue weighted by Crippen LogP contribution is -2.44. The molecule has 3 N–H and O–H groups in total. The molecule has 1 rings (SSSR count). The molecule has 1 heterocycles. The highest BCUT2D eigenvalue weighted by Crippen LogP contribution is 2.25. The molecule has 0 aromatic heterocycles. The summed E-state index contributed by atoms with van der Waals surface area (Å²) in [7, 11) is 0. The zero-order valence-corrected chi connectivity index (χ0v) is 5.74. The van der Waals surface area contributed by atoms with Crippen LogP contribution in [0.5, 0.6) is 0 Å². The van der Waals surface area contributed by atoms with Gasteiger partial charge in [-0.25, -0.2) is 0 Å². The van der Waals surface area contributed by atoms with Gasteiger partial charge < -0.3 is 11.1 Å². The number of alkyl halides is 2. The second kappa shape index (κ2) is 2.80. The highest BCUT2D eigenvalue weighted by atomic mass is 19.1. The minimum absolute atomic E-state index is 0.362. The molecule has 0 spiro atoms. The molecule has 0 bridgehead atoms. The van der Waals surface area contributed by atoms with Crippen LogP contribution in [0.15, 0.2) is 0 Å². The number of nitrogens with two attached hydrogens (primary N) is 1. The van der Waals surface area contributed by atoms with Gasteiger partial charge in [0.05, 0.1) is 5.41 Å². The molecule has 10 heavy (non-hydrogen) atoms. The summed E-state index contributed by atoms with van der Waals surface area (Å²) in [6.07, 6.45) is 0. The zero-order valence-electron chi connectivity index (χ0n) is 5.74. The van der Waals surface area contributed by atoms with Gasteiger partial charge in [0.15, 0.2) is 0 Å². The average molecular weight is 150 g/mol. The fourth-order valence-corrected chi connectivity index (χ4v) is 1.15. The van der Waals surface area contributed by atoms with Crippen molar-refractivity contribution in [2.45, 2.75) is 6.04 Å². The van der Waals surface area contributed by atoms with Gasteiger partial charge in [0.25, 0.3) is 0 Å². The first-order chi connectivity index (χ1) is 4.75. The van der Waals surface area contributed by atoms with Gasteiger partial charge in [0, 0.05) is 19.1 Å². The second-order valence-electron chi connectivity index (χ2n) is 2.87. The molecule has 0 aromatic carbocycles. The lowest BCUT2D eigenvalue weighted by Gasteiger charge is -2.25. The molecule has 0 amide bonds. The normalized spacial score (nSPS) is 30.9. The summed E-state index contributed by atoms with van der Waals surface area (Å²) in [6, 6.07) is -0.373. The minimum atomic E-state index is -0.931. The van der Waals surface area contributed by atoms with Gasteiger partial charge in [0.1, 0.15) is 13.3 Å². The molecule has 60 valence electrons. The van der Waals surface area contributed by atoms with E-state index in [0.717, 1.165) is 0 Å². The van der Waals surface area contributed by atoms with E-state index in [0.29, 0.717) is 13.1 Å². The van der Waals surface area contributed by atoms with Crippen LogP contribution in [-0.2, 0) is 0 Å². The Morgan fingerprint density at radius 3 is 2.30 bits per heavy atom. The van der Waals surface area contributed by atoms with Crippen LogP contribution in [-0.4, -0.2) is 32.5 Å². The molecular formula is C6H12F2N2. The Bertz CT molecular complexity index is 114. The van der Waals surface area contributed by atoms with E-state index < -0.39 is 18.8 Å². The molecule has 1 saturated heterocycles. The molecule has 0 aromatic rings. The van der Waals surface area contributed by atoms with Crippen molar-refractivity contribution in [1.29, 1.82) is 0 Å². The van der Waals surface area contributed by atoms with E-state index in [9.17, 15) is 8.78 Å². The summed E-state index contributed by atoms with van der Waals surface area (Å²) in [5.41, 5.74) is 4.56. The van der Waals surface area contributed by atoms with Crippen LogP contribution in [0.4, 0.5) is 8.78 Å². The second-order valence-corrected chi connectivity index (χ2v) is 2.87. The molecule has 4 heteroatoms. The van der Waals surface area contributed by atoms with Crippen molar-refractivity contribution in [2.75, 3.05) is 26.4 Å². The molecule has 2 nitrogen and oxygen atoms in total. The molecule has 1 unspecified atom stereocenters. The molecule has 1 fully saturated rings. The topological polar surface area (TPSA) is 38.0 Å². The monoisotopic (exact) mass is 150 g/mol. The van der Waals surface area contributed by atoms with Crippen molar-refractivity contribution in [1.82, 2.24) is 5.32 Å². The first kappa shape index (κ1) is 7.88.